The van der Waals surface area contributed by atoms with Crippen molar-refractivity contribution in [2.75, 3.05) is 26.2 Å². The van der Waals surface area contributed by atoms with Crippen molar-refractivity contribution < 1.29 is 19.7 Å². The van der Waals surface area contributed by atoms with E-state index in [4.69, 9.17) is 9.47 Å². The number of likely N-dealkylation sites (tertiary alicyclic amines) is 1. The highest BCUT2D eigenvalue weighted by atomic mass is 16.5. The Morgan fingerprint density at radius 2 is 1.77 bits per heavy atom. The molecule has 2 N–H and O–H groups in total. The van der Waals surface area contributed by atoms with Crippen LogP contribution >= 0.6 is 0 Å². The summed E-state index contributed by atoms with van der Waals surface area (Å²) in [5.41, 5.74) is 5.57. The number of nitrogens with zero attached hydrogens (tertiary/aromatic N) is 1. The van der Waals surface area contributed by atoms with E-state index < -0.39 is 0 Å². The zero-order valence-electron chi connectivity index (χ0n) is 20.6. The van der Waals surface area contributed by atoms with Gasteiger partial charge in [0.15, 0.2) is 0 Å². The van der Waals surface area contributed by atoms with E-state index in [0.29, 0.717) is 6.61 Å². The van der Waals surface area contributed by atoms with Crippen LogP contribution in [-0.2, 0) is 0 Å². The normalized spacial score (nSPS) is 18.1. The molecule has 0 spiro atoms. The van der Waals surface area contributed by atoms with E-state index in [0.717, 1.165) is 57.4 Å². The smallest absolute Gasteiger partial charge is 0.150 e. The number of aromatic hydroxyl groups is 2. The highest BCUT2D eigenvalue weighted by Crippen LogP contribution is 2.49. The number of phenolic OH excluding ortho intramolecular Hbond substituents is 2. The zero-order chi connectivity index (χ0) is 24.5. The highest BCUT2D eigenvalue weighted by molar-refractivity contribution is 5.96. The van der Waals surface area contributed by atoms with Crippen LogP contribution in [0.3, 0.4) is 0 Å². The topological polar surface area (TPSA) is 62.2 Å². The summed E-state index contributed by atoms with van der Waals surface area (Å²) in [6, 6.07) is 18.8. The van der Waals surface area contributed by atoms with Crippen LogP contribution < -0.4 is 9.47 Å². The van der Waals surface area contributed by atoms with E-state index in [-0.39, 0.29) is 17.6 Å². The van der Waals surface area contributed by atoms with Crippen molar-refractivity contribution in [1.29, 1.82) is 0 Å². The third-order valence-corrected chi connectivity index (χ3v) is 7.31. The minimum Gasteiger partial charge on any atom is -0.508 e. The fourth-order valence-electron chi connectivity index (χ4n) is 5.18. The Balaban J connectivity index is 1.41. The van der Waals surface area contributed by atoms with E-state index in [1.165, 1.54) is 19.5 Å². The molecular weight excluding hydrogens is 438 g/mol. The van der Waals surface area contributed by atoms with Gasteiger partial charge in [0.05, 0.1) is 0 Å². The lowest BCUT2D eigenvalue weighted by Crippen LogP contribution is -2.47. The maximum atomic E-state index is 10.3. The lowest BCUT2D eigenvalue weighted by Gasteiger charge is -2.38. The molecule has 0 aliphatic carbocycles. The SMILES string of the molecule is CCC1CN(CCOc2ccc(C3Oc4ccc(O)c(C)c4C(C)=C3c3cccc(O)c3)cc2)C1. The Morgan fingerprint density at radius 1 is 1.00 bits per heavy atom. The summed E-state index contributed by atoms with van der Waals surface area (Å²) >= 11 is 0. The molecule has 0 amide bonds. The Kier molecular flexibility index (Phi) is 6.44. The van der Waals surface area contributed by atoms with Crippen LogP contribution in [0.5, 0.6) is 23.0 Å². The first-order valence-corrected chi connectivity index (χ1v) is 12.4. The number of hydrogen-bond acceptors (Lipinski definition) is 5. The molecule has 0 saturated carbocycles. The van der Waals surface area contributed by atoms with Crippen LogP contribution in [-0.4, -0.2) is 41.4 Å². The molecule has 2 aliphatic rings. The van der Waals surface area contributed by atoms with Crippen molar-refractivity contribution in [3.05, 3.63) is 82.9 Å². The second-order valence-corrected chi connectivity index (χ2v) is 9.62. The first-order chi connectivity index (χ1) is 16.9. The molecule has 182 valence electrons. The van der Waals surface area contributed by atoms with Crippen LogP contribution in [0, 0.1) is 12.8 Å². The number of phenols is 2. The zero-order valence-corrected chi connectivity index (χ0v) is 20.6. The second-order valence-electron chi connectivity index (χ2n) is 9.62. The summed E-state index contributed by atoms with van der Waals surface area (Å²) < 4.78 is 12.5. The fourth-order valence-corrected chi connectivity index (χ4v) is 5.18. The maximum absolute atomic E-state index is 10.3. The summed E-state index contributed by atoms with van der Waals surface area (Å²) in [4.78, 5) is 2.44. The molecule has 35 heavy (non-hydrogen) atoms. The summed E-state index contributed by atoms with van der Waals surface area (Å²) in [7, 11) is 0. The molecule has 1 atom stereocenters. The lowest BCUT2D eigenvalue weighted by atomic mass is 9.84. The van der Waals surface area contributed by atoms with Crippen molar-refractivity contribution in [2.45, 2.75) is 33.3 Å². The predicted molar refractivity (Wildman–Crippen MR) is 139 cm³/mol. The van der Waals surface area contributed by atoms with Gasteiger partial charge in [0, 0.05) is 36.3 Å². The van der Waals surface area contributed by atoms with E-state index in [9.17, 15) is 10.2 Å². The van der Waals surface area contributed by atoms with Crippen molar-refractivity contribution in [2.24, 2.45) is 5.92 Å². The fraction of sp³-hybridized carbons (Fsp3) is 0.333. The molecule has 0 aromatic heterocycles. The van der Waals surface area contributed by atoms with Gasteiger partial charge in [-0.3, -0.25) is 4.90 Å². The Bertz CT molecular complexity index is 1240. The van der Waals surface area contributed by atoms with Gasteiger partial charge in [-0.2, -0.15) is 0 Å². The summed E-state index contributed by atoms with van der Waals surface area (Å²) in [6.45, 7) is 10.2. The van der Waals surface area contributed by atoms with E-state index in [1.807, 2.05) is 49.4 Å². The molecule has 0 bridgehead atoms. The summed E-state index contributed by atoms with van der Waals surface area (Å²) in [6.07, 6.45) is 0.903. The van der Waals surface area contributed by atoms with Crippen LogP contribution in [0.15, 0.2) is 60.7 Å². The van der Waals surface area contributed by atoms with Crippen molar-refractivity contribution in [3.63, 3.8) is 0 Å². The van der Waals surface area contributed by atoms with Gasteiger partial charge in [-0.15, -0.1) is 0 Å². The first-order valence-electron chi connectivity index (χ1n) is 12.4. The molecule has 1 fully saturated rings. The maximum Gasteiger partial charge on any atom is 0.150 e. The van der Waals surface area contributed by atoms with E-state index in [1.54, 1.807) is 18.2 Å². The number of benzene rings is 3. The minimum atomic E-state index is -0.352. The number of fused-ring (bicyclic) bond motifs is 1. The first kappa shape index (κ1) is 23.3. The van der Waals surface area contributed by atoms with Crippen molar-refractivity contribution >= 4 is 11.1 Å². The molecule has 5 nitrogen and oxygen atoms in total. The van der Waals surface area contributed by atoms with Gasteiger partial charge in [0.2, 0.25) is 0 Å². The van der Waals surface area contributed by atoms with Gasteiger partial charge < -0.3 is 19.7 Å². The van der Waals surface area contributed by atoms with Crippen LogP contribution in [0.2, 0.25) is 0 Å². The van der Waals surface area contributed by atoms with Gasteiger partial charge in [-0.1, -0.05) is 37.6 Å². The quantitative estimate of drug-likeness (QED) is 0.430. The van der Waals surface area contributed by atoms with Gasteiger partial charge >= 0.3 is 0 Å². The van der Waals surface area contributed by atoms with Crippen LogP contribution in [0.25, 0.3) is 11.1 Å². The molecule has 2 aliphatic heterocycles. The van der Waals surface area contributed by atoms with Crippen molar-refractivity contribution in [1.82, 2.24) is 4.90 Å². The number of rotatable bonds is 7. The molecule has 0 radical (unpaired) electrons. The average Bonchev–Trinajstić information content (AvgIpc) is 2.83. The van der Waals surface area contributed by atoms with Gasteiger partial charge in [-0.25, -0.2) is 0 Å². The molecule has 5 heteroatoms. The van der Waals surface area contributed by atoms with Crippen LogP contribution in [0.4, 0.5) is 0 Å². The van der Waals surface area contributed by atoms with E-state index >= 15 is 0 Å². The van der Waals surface area contributed by atoms with Gasteiger partial charge in [0.1, 0.15) is 35.7 Å². The largest absolute Gasteiger partial charge is 0.508 e. The summed E-state index contributed by atoms with van der Waals surface area (Å²) in [5, 5.41) is 20.5. The molecule has 3 aromatic carbocycles. The third kappa shape index (κ3) is 4.61. The molecule has 5 rings (SSSR count). The average molecular weight is 472 g/mol. The van der Waals surface area contributed by atoms with Crippen molar-refractivity contribution in [3.8, 4) is 23.0 Å². The molecule has 1 saturated heterocycles. The van der Waals surface area contributed by atoms with Gasteiger partial charge in [0.25, 0.3) is 0 Å². The molecule has 2 heterocycles. The summed E-state index contributed by atoms with van der Waals surface area (Å²) in [5.74, 6) is 2.88. The molecule has 3 aromatic rings. The Labute approximate surface area is 207 Å². The number of hydrogen-bond donors (Lipinski definition) is 2. The lowest BCUT2D eigenvalue weighted by molar-refractivity contribution is 0.0806. The Morgan fingerprint density at radius 3 is 2.49 bits per heavy atom. The molecular formula is C30H33NO4. The monoisotopic (exact) mass is 471 g/mol. The molecule has 1 unspecified atom stereocenters. The van der Waals surface area contributed by atoms with Crippen LogP contribution in [0.1, 0.15) is 48.6 Å². The Hall–Kier alpha value is -3.44. The number of ether oxygens (including phenoxy) is 2. The second kappa shape index (κ2) is 9.67. The predicted octanol–water partition coefficient (Wildman–Crippen LogP) is 6.19. The third-order valence-electron chi connectivity index (χ3n) is 7.31. The minimum absolute atomic E-state index is 0.205. The highest BCUT2D eigenvalue weighted by Gasteiger charge is 2.31. The standard InChI is InChI=1S/C30H33NO4/c1-4-21-17-31(18-21)14-15-34-25-10-8-22(9-11-25)30-29(23-6-5-7-24(32)16-23)20(3)28-19(2)26(33)12-13-27(28)35-30/h5-13,16,21,30,32-33H,4,14-15,17-18H2,1-3H3. The number of allylic oxidation sites excluding steroid dienone is 1. The van der Waals surface area contributed by atoms with E-state index in [2.05, 4.69) is 18.7 Å². The van der Waals surface area contributed by atoms with Gasteiger partial charge in [-0.05, 0) is 72.9 Å².